The second-order valence-corrected chi connectivity index (χ2v) is 23.0. The molecule has 79 heavy (non-hydrogen) atoms. The standard InChI is InChI=1S/C74H46N2OS2/c77-79-71-46-57(38-40-63(71)67-32-16-30-59(74(67)79)50-21-5-2-6-22-50)76(55-36-34-48-18-8-10-24-52(48)42-55)69-44-53-43-68(60-25-11-13-27-64(60)72(53)65-28-14-12-26-61(65)69)75(54-35-33-47-17-7-9-23-51(47)41-54)56-37-39-62-66-31-15-29-58(49-19-3-1-4-20-49)73(66)78-70(62)45-56/h1-46H. The van der Waals surface area contributed by atoms with Crippen molar-refractivity contribution in [3.63, 3.8) is 0 Å². The van der Waals surface area contributed by atoms with Gasteiger partial charge in [-0.05, 0) is 132 Å². The molecule has 15 aromatic rings. The Morgan fingerprint density at radius 2 is 0.772 bits per heavy atom. The molecule has 0 radical (unpaired) electrons. The first-order chi connectivity index (χ1) is 39.1. The zero-order valence-electron chi connectivity index (χ0n) is 42.7. The SMILES string of the molecule is O=S1c2cc(N(c3ccc4ccccc4c3)c3cc4cc(N(c5ccc6ccccc6c5)c5ccc6c(c5)sc5c(-c7ccccc7)cccc56)c5ccccc5c4c4ccccc34)ccc2-c2cccc(-c3ccccc3)c21. The molecule has 16 rings (SSSR count). The highest BCUT2D eigenvalue weighted by atomic mass is 32.2. The Balaban J connectivity index is 0.939. The lowest BCUT2D eigenvalue weighted by Gasteiger charge is -2.30. The molecule has 1 atom stereocenters. The van der Waals surface area contributed by atoms with Gasteiger partial charge in [-0.2, -0.15) is 0 Å². The second-order valence-electron chi connectivity index (χ2n) is 20.5. The van der Waals surface area contributed by atoms with Gasteiger partial charge in [0.25, 0.3) is 0 Å². The van der Waals surface area contributed by atoms with E-state index in [1.165, 1.54) is 58.2 Å². The molecule has 14 aromatic carbocycles. The molecule has 0 saturated carbocycles. The van der Waals surface area contributed by atoms with E-state index >= 15 is 4.21 Å². The number of fused-ring (bicyclic) bond motifs is 13. The van der Waals surface area contributed by atoms with Gasteiger partial charge >= 0.3 is 0 Å². The lowest BCUT2D eigenvalue weighted by atomic mass is 9.92. The van der Waals surface area contributed by atoms with Gasteiger partial charge < -0.3 is 9.80 Å². The van der Waals surface area contributed by atoms with Crippen molar-refractivity contribution in [3.8, 4) is 33.4 Å². The van der Waals surface area contributed by atoms with E-state index in [1.54, 1.807) is 0 Å². The fourth-order valence-electron chi connectivity index (χ4n) is 12.5. The van der Waals surface area contributed by atoms with Gasteiger partial charge in [-0.1, -0.05) is 218 Å². The number of hydrogen-bond acceptors (Lipinski definition) is 4. The molecule has 1 aliphatic rings. The molecule has 1 aromatic heterocycles. The zero-order valence-corrected chi connectivity index (χ0v) is 44.3. The van der Waals surface area contributed by atoms with Gasteiger partial charge in [-0.15, -0.1) is 11.3 Å². The van der Waals surface area contributed by atoms with Crippen LogP contribution in [0.4, 0.5) is 34.1 Å². The topological polar surface area (TPSA) is 23.6 Å². The fourth-order valence-corrected chi connectivity index (χ4v) is 15.4. The van der Waals surface area contributed by atoms with Crippen LogP contribution < -0.4 is 9.80 Å². The first kappa shape index (κ1) is 45.5. The van der Waals surface area contributed by atoms with E-state index in [4.69, 9.17) is 0 Å². The van der Waals surface area contributed by atoms with Gasteiger partial charge in [0.2, 0.25) is 0 Å². The minimum Gasteiger partial charge on any atom is -0.310 e. The van der Waals surface area contributed by atoms with Gasteiger partial charge in [0.05, 0.1) is 32.0 Å². The van der Waals surface area contributed by atoms with Crippen LogP contribution in [0.5, 0.6) is 0 Å². The molecule has 1 aliphatic heterocycles. The molecule has 0 amide bonds. The number of thiophene rings is 1. The summed E-state index contributed by atoms with van der Waals surface area (Å²) in [4.78, 5) is 6.55. The summed E-state index contributed by atoms with van der Waals surface area (Å²) in [7, 11) is -1.42. The van der Waals surface area contributed by atoms with E-state index in [9.17, 15) is 0 Å². The van der Waals surface area contributed by atoms with E-state index in [0.717, 1.165) is 93.1 Å². The first-order valence-corrected chi connectivity index (χ1v) is 28.8. The maximum Gasteiger partial charge on any atom is 0.0869 e. The maximum absolute atomic E-state index is 15.1. The predicted molar refractivity (Wildman–Crippen MR) is 337 cm³/mol. The van der Waals surface area contributed by atoms with E-state index < -0.39 is 10.8 Å². The Labute approximate surface area is 463 Å². The van der Waals surface area contributed by atoms with Crippen molar-refractivity contribution in [1.29, 1.82) is 0 Å². The summed E-state index contributed by atoms with van der Waals surface area (Å²) in [6, 6.07) is 101. The molecule has 0 N–H and O–H groups in total. The molecule has 5 heteroatoms. The number of benzene rings is 14. The third-order valence-corrected chi connectivity index (χ3v) is 18.9. The quantitative estimate of drug-likeness (QED) is 0.142. The van der Waals surface area contributed by atoms with Crippen LogP contribution in [0.25, 0.3) is 107 Å². The summed E-state index contributed by atoms with van der Waals surface area (Å²) in [5, 5.41) is 14.1. The van der Waals surface area contributed by atoms with Crippen LogP contribution in [0, 0.1) is 0 Å². The highest BCUT2D eigenvalue weighted by Crippen LogP contribution is 2.52. The minimum atomic E-state index is -1.42. The summed E-state index contributed by atoms with van der Waals surface area (Å²) in [6.45, 7) is 0. The van der Waals surface area contributed by atoms with Crippen LogP contribution in [0.2, 0.25) is 0 Å². The first-order valence-electron chi connectivity index (χ1n) is 26.8. The van der Waals surface area contributed by atoms with Gasteiger partial charge in [-0.25, -0.2) is 4.21 Å². The molecule has 3 nitrogen and oxygen atoms in total. The second kappa shape index (κ2) is 18.2. The van der Waals surface area contributed by atoms with Crippen LogP contribution in [0.15, 0.2) is 289 Å². The average molecular weight is 1040 g/mol. The summed E-state index contributed by atoms with van der Waals surface area (Å²) in [5.41, 5.74) is 12.8. The largest absolute Gasteiger partial charge is 0.310 e. The molecule has 0 bridgehead atoms. The Hall–Kier alpha value is -9.65. The van der Waals surface area contributed by atoms with E-state index in [0.29, 0.717) is 0 Å². The lowest BCUT2D eigenvalue weighted by molar-refractivity contribution is 0.685. The Bertz CT molecular complexity index is 5010. The molecule has 1 unspecified atom stereocenters. The number of anilines is 6. The summed E-state index contributed by atoms with van der Waals surface area (Å²) in [5.74, 6) is 0. The van der Waals surface area contributed by atoms with Gasteiger partial charge in [-0.3, -0.25) is 0 Å². The number of rotatable bonds is 8. The van der Waals surface area contributed by atoms with Crippen LogP contribution >= 0.6 is 11.3 Å². The smallest absolute Gasteiger partial charge is 0.0869 e. The average Bonchev–Trinajstić information content (AvgIpc) is 4.20. The molecule has 2 heterocycles. The van der Waals surface area contributed by atoms with Crippen molar-refractivity contribution >= 4 is 130 Å². The number of hydrogen-bond donors (Lipinski definition) is 0. The summed E-state index contributed by atoms with van der Waals surface area (Å²) < 4.78 is 17.6. The van der Waals surface area contributed by atoms with Crippen LogP contribution in [-0.2, 0) is 10.8 Å². The molecule has 0 fully saturated rings. The number of nitrogens with zero attached hydrogens (tertiary/aromatic N) is 2. The predicted octanol–water partition coefficient (Wildman–Crippen LogP) is 21.2. The van der Waals surface area contributed by atoms with Crippen molar-refractivity contribution in [2.75, 3.05) is 9.80 Å². The molecule has 0 spiro atoms. The molecular formula is C74H46N2OS2. The van der Waals surface area contributed by atoms with Crippen molar-refractivity contribution in [2.24, 2.45) is 0 Å². The molecule has 370 valence electrons. The summed E-state index contributed by atoms with van der Waals surface area (Å²) in [6.07, 6.45) is 0. The van der Waals surface area contributed by atoms with Crippen LogP contribution in [0.1, 0.15) is 0 Å². The third kappa shape index (κ3) is 7.35. The van der Waals surface area contributed by atoms with Crippen LogP contribution in [-0.4, -0.2) is 4.21 Å². The fraction of sp³-hybridized carbons (Fsp3) is 0. The van der Waals surface area contributed by atoms with Crippen molar-refractivity contribution < 1.29 is 4.21 Å². The molecular weight excluding hydrogens is 997 g/mol. The van der Waals surface area contributed by atoms with Crippen LogP contribution in [0.3, 0.4) is 0 Å². The third-order valence-electron chi connectivity index (χ3n) is 16.1. The van der Waals surface area contributed by atoms with Crippen molar-refractivity contribution in [2.45, 2.75) is 9.79 Å². The van der Waals surface area contributed by atoms with Crippen molar-refractivity contribution in [3.05, 3.63) is 279 Å². The Morgan fingerprint density at radius 3 is 1.41 bits per heavy atom. The zero-order chi connectivity index (χ0) is 52.1. The molecule has 0 saturated heterocycles. The normalized spacial score (nSPS) is 13.0. The Kier molecular flexibility index (Phi) is 10.5. The van der Waals surface area contributed by atoms with E-state index in [2.05, 4.69) is 271 Å². The Morgan fingerprint density at radius 1 is 0.304 bits per heavy atom. The lowest BCUT2D eigenvalue weighted by Crippen LogP contribution is -2.12. The monoisotopic (exact) mass is 1040 g/mol. The molecule has 0 aliphatic carbocycles. The maximum atomic E-state index is 15.1. The minimum absolute atomic E-state index is 0.818. The van der Waals surface area contributed by atoms with Crippen molar-refractivity contribution in [1.82, 2.24) is 0 Å². The highest BCUT2D eigenvalue weighted by Gasteiger charge is 2.31. The van der Waals surface area contributed by atoms with Gasteiger partial charge in [0, 0.05) is 59.3 Å². The van der Waals surface area contributed by atoms with E-state index in [1.807, 2.05) is 29.5 Å². The van der Waals surface area contributed by atoms with E-state index in [-0.39, 0.29) is 0 Å². The highest BCUT2D eigenvalue weighted by molar-refractivity contribution is 7.86. The summed E-state index contributed by atoms with van der Waals surface area (Å²) >= 11 is 1.87. The van der Waals surface area contributed by atoms with Gasteiger partial charge in [0.1, 0.15) is 0 Å². The van der Waals surface area contributed by atoms with Gasteiger partial charge in [0.15, 0.2) is 0 Å².